The number of hydrogen-bond acceptors (Lipinski definition) is 3. The Kier molecular flexibility index (Phi) is 4.58. The summed E-state index contributed by atoms with van der Waals surface area (Å²) >= 11 is 0. The lowest BCUT2D eigenvalue weighted by Crippen LogP contribution is -2.28. The Labute approximate surface area is 74.2 Å². The van der Waals surface area contributed by atoms with Crippen LogP contribution in [0.5, 0.6) is 0 Å². The highest BCUT2D eigenvalue weighted by atomic mass is 16.5. The summed E-state index contributed by atoms with van der Waals surface area (Å²) in [5.74, 6) is 0. The van der Waals surface area contributed by atoms with Crippen molar-refractivity contribution in [2.75, 3.05) is 19.8 Å². The molecule has 3 heteroatoms. The molecule has 0 bridgehead atoms. The van der Waals surface area contributed by atoms with Crippen LogP contribution in [-0.2, 0) is 9.47 Å². The van der Waals surface area contributed by atoms with Gasteiger partial charge < -0.3 is 15.2 Å². The van der Waals surface area contributed by atoms with Gasteiger partial charge in [-0.3, -0.25) is 0 Å². The predicted octanol–water partition coefficient (Wildman–Crippen LogP) is 0.919. The van der Waals surface area contributed by atoms with Gasteiger partial charge in [-0.15, -0.1) is 0 Å². The first kappa shape index (κ1) is 9.96. The normalized spacial score (nSPS) is 22.5. The van der Waals surface area contributed by atoms with Gasteiger partial charge in [-0.2, -0.15) is 0 Å². The molecule has 2 N–H and O–H groups in total. The van der Waals surface area contributed by atoms with E-state index in [0.717, 1.165) is 32.5 Å². The monoisotopic (exact) mass is 173 g/mol. The minimum atomic E-state index is 0.304. The van der Waals surface area contributed by atoms with Crippen molar-refractivity contribution in [1.82, 2.24) is 0 Å². The van der Waals surface area contributed by atoms with E-state index in [1.807, 2.05) is 0 Å². The summed E-state index contributed by atoms with van der Waals surface area (Å²) in [4.78, 5) is 0. The molecule has 0 aliphatic carbocycles. The van der Waals surface area contributed by atoms with E-state index in [2.05, 4.69) is 6.92 Å². The molecule has 1 fully saturated rings. The van der Waals surface area contributed by atoms with Crippen LogP contribution in [0.15, 0.2) is 0 Å². The Morgan fingerprint density at radius 1 is 1.50 bits per heavy atom. The molecule has 1 heterocycles. The second kappa shape index (κ2) is 5.51. The first-order valence-corrected chi connectivity index (χ1v) is 4.76. The SMILES string of the molecule is CC(CCN)OC1CCOCC1. The van der Waals surface area contributed by atoms with Gasteiger partial charge in [0.2, 0.25) is 0 Å². The van der Waals surface area contributed by atoms with Gasteiger partial charge >= 0.3 is 0 Å². The van der Waals surface area contributed by atoms with Crippen molar-refractivity contribution < 1.29 is 9.47 Å². The van der Waals surface area contributed by atoms with E-state index in [4.69, 9.17) is 15.2 Å². The molecule has 0 aromatic carbocycles. The van der Waals surface area contributed by atoms with E-state index in [0.29, 0.717) is 18.8 Å². The lowest BCUT2D eigenvalue weighted by atomic mass is 10.1. The third-order valence-corrected chi connectivity index (χ3v) is 2.17. The molecule has 1 aliphatic rings. The van der Waals surface area contributed by atoms with Crippen LogP contribution in [-0.4, -0.2) is 32.0 Å². The summed E-state index contributed by atoms with van der Waals surface area (Å²) in [7, 11) is 0. The van der Waals surface area contributed by atoms with E-state index in [1.165, 1.54) is 0 Å². The summed E-state index contributed by atoms with van der Waals surface area (Å²) in [5.41, 5.74) is 5.43. The molecule has 0 spiro atoms. The number of nitrogens with two attached hydrogens (primary N) is 1. The fourth-order valence-electron chi connectivity index (χ4n) is 1.44. The highest BCUT2D eigenvalue weighted by Gasteiger charge is 2.16. The van der Waals surface area contributed by atoms with Crippen LogP contribution < -0.4 is 5.73 Å². The average Bonchev–Trinajstić information content (AvgIpc) is 2.06. The van der Waals surface area contributed by atoms with Crippen molar-refractivity contribution in [3.8, 4) is 0 Å². The molecule has 0 aromatic heterocycles. The van der Waals surface area contributed by atoms with Crippen LogP contribution in [0.4, 0.5) is 0 Å². The summed E-state index contributed by atoms with van der Waals surface area (Å²) < 4.78 is 11.0. The summed E-state index contributed by atoms with van der Waals surface area (Å²) in [6, 6.07) is 0. The van der Waals surface area contributed by atoms with Crippen LogP contribution in [0.1, 0.15) is 26.2 Å². The van der Waals surface area contributed by atoms with Crippen molar-refractivity contribution >= 4 is 0 Å². The molecule has 72 valence electrons. The fraction of sp³-hybridized carbons (Fsp3) is 1.00. The van der Waals surface area contributed by atoms with E-state index < -0.39 is 0 Å². The Hall–Kier alpha value is -0.120. The maximum absolute atomic E-state index is 5.77. The first-order chi connectivity index (χ1) is 5.83. The van der Waals surface area contributed by atoms with Crippen molar-refractivity contribution in [3.05, 3.63) is 0 Å². The number of ether oxygens (including phenoxy) is 2. The van der Waals surface area contributed by atoms with E-state index in [-0.39, 0.29) is 0 Å². The van der Waals surface area contributed by atoms with Gasteiger partial charge in [0.1, 0.15) is 0 Å². The van der Waals surface area contributed by atoms with Gasteiger partial charge in [-0.25, -0.2) is 0 Å². The molecule has 1 saturated heterocycles. The van der Waals surface area contributed by atoms with Crippen LogP contribution in [0, 0.1) is 0 Å². The lowest BCUT2D eigenvalue weighted by Gasteiger charge is -2.25. The van der Waals surface area contributed by atoms with Gasteiger partial charge in [-0.05, 0) is 32.7 Å². The lowest BCUT2D eigenvalue weighted by molar-refractivity contribution is -0.0634. The Balaban J connectivity index is 2.11. The highest BCUT2D eigenvalue weighted by Crippen LogP contribution is 2.13. The quantitative estimate of drug-likeness (QED) is 0.687. The molecular formula is C9H19NO2. The first-order valence-electron chi connectivity index (χ1n) is 4.76. The van der Waals surface area contributed by atoms with Crippen LogP contribution in [0.2, 0.25) is 0 Å². The molecule has 12 heavy (non-hydrogen) atoms. The smallest absolute Gasteiger partial charge is 0.0622 e. The zero-order valence-corrected chi connectivity index (χ0v) is 7.79. The predicted molar refractivity (Wildman–Crippen MR) is 48.1 cm³/mol. The van der Waals surface area contributed by atoms with Gasteiger partial charge in [-0.1, -0.05) is 0 Å². The van der Waals surface area contributed by atoms with Crippen molar-refractivity contribution in [3.63, 3.8) is 0 Å². The third-order valence-electron chi connectivity index (χ3n) is 2.17. The van der Waals surface area contributed by atoms with Crippen molar-refractivity contribution in [2.24, 2.45) is 5.73 Å². The molecule has 1 aliphatic heterocycles. The molecule has 1 rings (SSSR count). The molecule has 0 aromatic rings. The Morgan fingerprint density at radius 2 is 2.17 bits per heavy atom. The van der Waals surface area contributed by atoms with Crippen LogP contribution >= 0.6 is 0 Å². The van der Waals surface area contributed by atoms with E-state index >= 15 is 0 Å². The van der Waals surface area contributed by atoms with Gasteiger partial charge in [0.25, 0.3) is 0 Å². The summed E-state index contributed by atoms with van der Waals surface area (Å²) in [6.07, 6.45) is 3.74. The molecule has 1 unspecified atom stereocenters. The summed E-state index contributed by atoms with van der Waals surface area (Å²) in [6.45, 7) is 4.49. The molecule has 3 nitrogen and oxygen atoms in total. The molecule has 0 saturated carbocycles. The second-order valence-electron chi connectivity index (χ2n) is 3.34. The second-order valence-corrected chi connectivity index (χ2v) is 3.34. The number of rotatable bonds is 4. The number of hydrogen-bond donors (Lipinski definition) is 1. The van der Waals surface area contributed by atoms with Gasteiger partial charge in [0, 0.05) is 13.2 Å². The topological polar surface area (TPSA) is 44.5 Å². The zero-order chi connectivity index (χ0) is 8.81. The third kappa shape index (κ3) is 3.52. The standard InChI is InChI=1S/C9H19NO2/c1-8(2-5-10)12-9-3-6-11-7-4-9/h8-9H,2-7,10H2,1H3. The van der Waals surface area contributed by atoms with Crippen LogP contribution in [0.3, 0.4) is 0 Å². The minimum absolute atomic E-state index is 0.304. The van der Waals surface area contributed by atoms with Gasteiger partial charge in [0.15, 0.2) is 0 Å². The highest BCUT2D eigenvalue weighted by molar-refractivity contribution is 4.64. The van der Waals surface area contributed by atoms with E-state index in [9.17, 15) is 0 Å². The minimum Gasteiger partial charge on any atom is -0.381 e. The Bertz CT molecular complexity index is 113. The largest absolute Gasteiger partial charge is 0.381 e. The Morgan fingerprint density at radius 3 is 2.75 bits per heavy atom. The van der Waals surface area contributed by atoms with Gasteiger partial charge in [0.05, 0.1) is 12.2 Å². The molecular weight excluding hydrogens is 154 g/mol. The maximum atomic E-state index is 5.77. The molecule has 0 amide bonds. The maximum Gasteiger partial charge on any atom is 0.0622 e. The average molecular weight is 173 g/mol. The zero-order valence-electron chi connectivity index (χ0n) is 7.79. The van der Waals surface area contributed by atoms with E-state index in [1.54, 1.807) is 0 Å². The van der Waals surface area contributed by atoms with Crippen molar-refractivity contribution in [1.29, 1.82) is 0 Å². The van der Waals surface area contributed by atoms with Crippen molar-refractivity contribution in [2.45, 2.75) is 38.4 Å². The molecule has 0 radical (unpaired) electrons. The fourth-order valence-corrected chi connectivity index (χ4v) is 1.44. The molecule has 1 atom stereocenters. The summed E-state index contributed by atoms with van der Waals surface area (Å²) in [5, 5.41) is 0. The van der Waals surface area contributed by atoms with Crippen LogP contribution in [0.25, 0.3) is 0 Å².